The van der Waals surface area contributed by atoms with Crippen molar-refractivity contribution >= 4 is 17.8 Å². The summed E-state index contributed by atoms with van der Waals surface area (Å²) in [6.07, 6.45) is 23.0. The van der Waals surface area contributed by atoms with Gasteiger partial charge >= 0.3 is 11.9 Å². The van der Waals surface area contributed by atoms with Gasteiger partial charge in [-0.25, -0.2) is 9.59 Å². The van der Waals surface area contributed by atoms with Crippen LogP contribution in [0.3, 0.4) is 0 Å². The molecule has 0 aromatic rings. The average molecular weight is 398 g/mol. The number of allylic oxidation sites excluding steroid dienone is 2. The number of carboxylic acids is 2. The number of rotatable bonds is 17. The van der Waals surface area contributed by atoms with E-state index >= 15 is 0 Å². The van der Waals surface area contributed by atoms with Crippen LogP contribution in [0.5, 0.6) is 0 Å². The van der Waals surface area contributed by atoms with Crippen molar-refractivity contribution in [3.63, 3.8) is 0 Å². The highest BCUT2D eigenvalue weighted by Gasteiger charge is 1.94. The molecule has 0 aromatic heterocycles. The number of aliphatic carboxylic acids is 2. The summed E-state index contributed by atoms with van der Waals surface area (Å²) in [6, 6.07) is 0. The van der Waals surface area contributed by atoms with Crippen LogP contribution < -0.4 is 5.73 Å². The molecule has 0 spiro atoms. The Labute approximate surface area is 169 Å². The Kier molecular flexibility index (Phi) is 23.0. The van der Waals surface area contributed by atoms with Crippen molar-refractivity contribution in [2.75, 3.05) is 0 Å². The topological polar surface area (TPSA) is 118 Å². The van der Waals surface area contributed by atoms with E-state index in [1.165, 1.54) is 70.6 Å². The van der Waals surface area contributed by atoms with Crippen LogP contribution in [0, 0.1) is 0 Å². The summed E-state index contributed by atoms with van der Waals surface area (Å²) in [4.78, 5) is 29.7. The van der Waals surface area contributed by atoms with Crippen LogP contribution in [0.25, 0.3) is 0 Å². The quantitative estimate of drug-likeness (QED) is 0.177. The molecule has 1 amide bonds. The Morgan fingerprint density at radius 3 is 1.46 bits per heavy atom. The highest BCUT2D eigenvalue weighted by molar-refractivity contribution is 5.89. The van der Waals surface area contributed by atoms with Crippen LogP contribution >= 0.6 is 0 Å². The molecule has 0 atom stereocenters. The molecule has 0 aromatic carbocycles. The first-order valence-electron chi connectivity index (χ1n) is 10.5. The van der Waals surface area contributed by atoms with Gasteiger partial charge in [0.05, 0.1) is 0 Å². The van der Waals surface area contributed by atoms with E-state index in [1.807, 2.05) is 0 Å². The third kappa shape index (κ3) is 31.6. The molecule has 6 nitrogen and oxygen atoms in total. The fourth-order valence-electron chi connectivity index (χ4n) is 2.51. The molecule has 0 heterocycles. The summed E-state index contributed by atoms with van der Waals surface area (Å²) in [6.45, 7) is 2.26. The summed E-state index contributed by atoms with van der Waals surface area (Å²) >= 11 is 0. The lowest BCUT2D eigenvalue weighted by Gasteiger charge is -1.99. The van der Waals surface area contributed by atoms with Crippen LogP contribution in [-0.4, -0.2) is 28.1 Å². The van der Waals surface area contributed by atoms with E-state index in [1.54, 1.807) is 0 Å². The molecule has 0 unspecified atom stereocenters. The van der Waals surface area contributed by atoms with E-state index in [9.17, 15) is 14.4 Å². The highest BCUT2D eigenvalue weighted by Crippen LogP contribution is 2.09. The van der Waals surface area contributed by atoms with Crippen molar-refractivity contribution in [1.82, 2.24) is 0 Å². The molecule has 0 radical (unpaired) electrons. The summed E-state index contributed by atoms with van der Waals surface area (Å²) in [7, 11) is 0. The Morgan fingerprint density at radius 2 is 1.07 bits per heavy atom. The number of unbranched alkanes of at least 4 members (excludes halogenated alkanes) is 11. The Balaban J connectivity index is 0. The molecule has 0 aliphatic rings. The zero-order valence-electron chi connectivity index (χ0n) is 17.4. The standard InChI is InChI=1S/C18H35NO.C4H4O4/c1-2-3-4-5-6-7-8-9-10-11-12-13-14-15-16-17-18(19)20;5-3(6)1-2-4(7)8/h9-10H,2-8,11-17H2,1H3,(H2,19,20);1-2H,(H,5,6)(H,7,8)/b10-9-;2-1-. The second-order valence-corrected chi connectivity index (χ2v) is 6.81. The molecule has 162 valence electrons. The van der Waals surface area contributed by atoms with E-state index in [2.05, 4.69) is 19.1 Å². The van der Waals surface area contributed by atoms with Crippen molar-refractivity contribution in [2.24, 2.45) is 5.73 Å². The molecule has 0 rings (SSSR count). The molecule has 4 N–H and O–H groups in total. The van der Waals surface area contributed by atoms with Crippen molar-refractivity contribution in [3.8, 4) is 0 Å². The Bertz CT molecular complexity index is 442. The molecule has 0 saturated carbocycles. The molecule has 0 aliphatic heterocycles. The minimum Gasteiger partial charge on any atom is -0.478 e. The number of hydrogen-bond donors (Lipinski definition) is 3. The largest absolute Gasteiger partial charge is 0.478 e. The molecule has 0 bridgehead atoms. The number of carboxylic acid groups (broad SMARTS) is 2. The smallest absolute Gasteiger partial charge is 0.328 e. The van der Waals surface area contributed by atoms with Crippen LogP contribution in [0.15, 0.2) is 24.3 Å². The van der Waals surface area contributed by atoms with Gasteiger partial charge in [-0.15, -0.1) is 0 Å². The van der Waals surface area contributed by atoms with Crippen molar-refractivity contribution in [2.45, 2.75) is 96.8 Å². The van der Waals surface area contributed by atoms with E-state index < -0.39 is 11.9 Å². The predicted molar refractivity (Wildman–Crippen MR) is 113 cm³/mol. The minimum absolute atomic E-state index is 0.164. The fraction of sp³-hybridized carbons (Fsp3) is 0.682. The van der Waals surface area contributed by atoms with Gasteiger partial charge in [0, 0.05) is 18.6 Å². The van der Waals surface area contributed by atoms with Gasteiger partial charge in [0.1, 0.15) is 0 Å². The summed E-state index contributed by atoms with van der Waals surface area (Å²) in [5.74, 6) is -2.68. The lowest BCUT2D eigenvalue weighted by molar-refractivity contribution is -0.134. The number of hydrogen-bond acceptors (Lipinski definition) is 3. The third-order valence-corrected chi connectivity index (χ3v) is 4.05. The van der Waals surface area contributed by atoms with Crippen LogP contribution in [0.1, 0.15) is 96.8 Å². The van der Waals surface area contributed by atoms with E-state index in [4.69, 9.17) is 15.9 Å². The molecule has 28 heavy (non-hydrogen) atoms. The number of carbonyl (C=O) groups is 3. The number of primary amides is 1. The van der Waals surface area contributed by atoms with Gasteiger partial charge < -0.3 is 15.9 Å². The number of carbonyl (C=O) groups excluding carboxylic acids is 1. The highest BCUT2D eigenvalue weighted by atomic mass is 16.4. The van der Waals surface area contributed by atoms with Gasteiger partial charge in [-0.1, -0.05) is 70.4 Å². The summed E-state index contributed by atoms with van der Waals surface area (Å²) in [5, 5.41) is 15.6. The van der Waals surface area contributed by atoms with Crippen LogP contribution in [0.2, 0.25) is 0 Å². The maximum absolute atomic E-state index is 10.5. The minimum atomic E-state index is -1.26. The van der Waals surface area contributed by atoms with Gasteiger partial charge in [0.2, 0.25) is 5.91 Å². The zero-order valence-corrected chi connectivity index (χ0v) is 17.4. The predicted octanol–water partition coefficient (Wildman–Crippen LogP) is 5.22. The van der Waals surface area contributed by atoms with Crippen LogP contribution in [0.4, 0.5) is 0 Å². The lowest BCUT2D eigenvalue weighted by atomic mass is 10.1. The molecule has 6 heteroatoms. The van der Waals surface area contributed by atoms with Crippen LogP contribution in [-0.2, 0) is 14.4 Å². The monoisotopic (exact) mass is 397 g/mol. The normalized spacial score (nSPS) is 10.8. The first-order chi connectivity index (χ1) is 13.4. The first-order valence-corrected chi connectivity index (χ1v) is 10.5. The van der Waals surface area contributed by atoms with E-state index in [0.717, 1.165) is 12.8 Å². The maximum Gasteiger partial charge on any atom is 0.328 e. The summed E-state index contributed by atoms with van der Waals surface area (Å²) in [5.41, 5.74) is 5.10. The molecular formula is C22H39NO5. The third-order valence-electron chi connectivity index (χ3n) is 4.05. The SMILES string of the molecule is CCCCCCCC/C=C\CCCCCCCC(N)=O.O=C(O)/C=C\C(=O)O. The summed E-state index contributed by atoms with van der Waals surface area (Å²) < 4.78 is 0. The van der Waals surface area contributed by atoms with Gasteiger partial charge in [0.25, 0.3) is 0 Å². The Morgan fingerprint density at radius 1 is 0.679 bits per heavy atom. The second-order valence-electron chi connectivity index (χ2n) is 6.81. The maximum atomic E-state index is 10.5. The number of amides is 1. The van der Waals surface area contributed by atoms with Gasteiger partial charge in [-0.2, -0.15) is 0 Å². The fourth-order valence-corrected chi connectivity index (χ4v) is 2.51. The second kappa shape index (κ2) is 22.9. The average Bonchev–Trinajstić information content (AvgIpc) is 2.63. The molecular weight excluding hydrogens is 358 g/mol. The van der Waals surface area contributed by atoms with Crippen molar-refractivity contribution in [3.05, 3.63) is 24.3 Å². The van der Waals surface area contributed by atoms with E-state index in [-0.39, 0.29) is 5.91 Å². The van der Waals surface area contributed by atoms with E-state index in [0.29, 0.717) is 18.6 Å². The van der Waals surface area contributed by atoms with Gasteiger partial charge in [0.15, 0.2) is 0 Å². The van der Waals surface area contributed by atoms with Crippen molar-refractivity contribution in [1.29, 1.82) is 0 Å². The molecule has 0 saturated heterocycles. The Hall–Kier alpha value is -2.11. The van der Waals surface area contributed by atoms with Crippen molar-refractivity contribution < 1.29 is 24.6 Å². The lowest BCUT2D eigenvalue weighted by Crippen LogP contribution is -2.09. The zero-order chi connectivity index (χ0) is 21.5. The molecule has 0 fully saturated rings. The molecule has 0 aliphatic carbocycles. The number of nitrogens with two attached hydrogens (primary N) is 1. The first kappa shape index (κ1) is 28.1. The van der Waals surface area contributed by atoms with Gasteiger partial charge in [-0.05, 0) is 32.1 Å². The van der Waals surface area contributed by atoms with Gasteiger partial charge in [-0.3, -0.25) is 4.79 Å².